The summed E-state index contributed by atoms with van der Waals surface area (Å²) in [6, 6.07) is 27.7. The minimum atomic E-state index is -5.13. The molecule has 3 N–H and O–H groups in total. The van der Waals surface area contributed by atoms with Crippen LogP contribution in [-0.2, 0) is 24.7 Å². The number of benzene rings is 3. The van der Waals surface area contributed by atoms with Gasteiger partial charge in [0.25, 0.3) is 0 Å². The summed E-state index contributed by atoms with van der Waals surface area (Å²) in [4.78, 5) is 42.4. The minimum Gasteiger partial charge on any atom is -0.452 e. The SMILES string of the molecule is NC(=O)[C@@H]1C[C@@H]2C[C@@H]2N1C(=O)[C@@H](NC(c1ccccc1)(c1ccccc1)c1ccccc1)C12CC3CC(CC(OC(=O)C(F)(F)F)(C3)C1)C2. The molecule has 1 saturated heterocycles. The standard InChI is InChI=1S/C39H40F3N3O4/c40-39(41,42)35(48)49-37-21-24-16-25(22-37)20-36(19-24,23-37)32(34(47)45-30-17-26(30)18-31(45)33(43)46)44-38(27-10-4-1-5-11-27,28-12-6-2-7-13-28)29-14-8-3-9-15-29/h1-15,24-26,30-32,44H,16-23H2,(H2,43,46)/t24?,25?,26-,30-,31-,32+,36?,37?/m0/s1. The number of primary amides is 1. The molecule has 1 aliphatic heterocycles. The Hall–Kier alpha value is -4.18. The summed E-state index contributed by atoms with van der Waals surface area (Å²) in [6.07, 6.45) is -1.03. The number of nitrogens with zero attached hydrogens (tertiary/aromatic N) is 1. The average Bonchev–Trinajstić information content (AvgIpc) is 3.73. The van der Waals surface area contributed by atoms with Crippen molar-refractivity contribution in [2.45, 2.75) is 86.8 Å². The van der Waals surface area contributed by atoms with E-state index in [-0.39, 0.29) is 36.1 Å². The molecule has 9 rings (SSSR count). The second kappa shape index (κ2) is 11.4. The van der Waals surface area contributed by atoms with Crippen molar-refractivity contribution in [2.24, 2.45) is 28.9 Å². The molecule has 0 radical (unpaired) electrons. The maximum Gasteiger partial charge on any atom is 0.490 e. The smallest absolute Gasteiger partial charge is 0.452 e. The first-order valence-electron chi connectivity index (χ1n) is 17.3. The number of halogens is 3. The number of hydrogen-bond acceptors (Lipinski definition) is 5. The van der Waals surface area contributed by atoms with E-state index in [0.29, 0.717) is 32.1 Å². The van der Waals surface area contributed by atoms with Crippen molar-refractivity contribution < 1.29 is 32.3 Å². The van der Waals surface area contributed by atoms with Gasteiger partial charge in [-0.1, -0.05) is 91.0 Å². The van der Waals surface area contributed by atoms with Gasteiger partial charge >= 0.3 is 12.1 Å². The van der Waals surface area contributed by atoms with Crippen LogP contribution in [0.15, 0.2) is 91.0 Å². The Morgan fingerprint density at radius 3 is 1.76 bits per heavy atom. The summed E-state index contributed by atoms with van der Waals surface area (Å²) in [7, 11) is 0. The van der Waals surface area contributed by atoms with Crippen molar-refractivity contribution in [1.29, 1.82) is 0 Å². The van der Waals surface area contributed by atoms with Gasteiger partial charge in [0.15, 0.2) is 0 Å². The average molecular weight is 672 g/mol. The molecule has 0 aromatic heterocycles. The lowest BCUT2D eigenvalue weighted by Crippen LogP contribution is -2.69. The van der Waals surface area contributed by atoms with Gasteiger partial charge in [-0.2, -0.15) is 13.2 Å². The Morgan fingerprint density at radius 2 is 1.29 bits per heavy atom. The quantitative estimate of drug-likeness (QED) is 0.220. The first-order valence-corrected chi connectivity index (χ1v) is 17.3. The van der Waals surface area contributed by atoms with E-state index < -0.39 is 46.7 Å². The predicted octanol–water partition coefficient (Wildman–Crippen LogP) is 5.86. The number of rotatable bonds is 9. The fourth-order valence-electron chi connectivity index (χ4n) is 10.6. The molecule has 2 amide bonds. The Labute approximate surface area is 283 Å². The van der Waals surface area contributed by atoms with Crippen LogP contribution in [0.5, 0.6) is 0 Å². The fourth-order valence-corrected chi connectivity index (χ4v) is 10.6. The van der Waals surface area contributed by atoms with Gasteiger partial charge in [0.05, 0.1) is 11.6 Å². The summed E-state index contributed by atoms with van der Waals surface area (Å²) < 4.78 is 46.5. The summed E-state index contributed by atoms with van der Waals surface area (Å²) in [5.41, 5.74) is 5.29. The highest BCUT2D eigenvalue weighted by atomic mass is 19.4. The molecule has 6 atom stereocenters. The Bertz CT molecular complexity index is 1640. The van der Waals surface area contributed by atoms with Gasteiger partial charge in [-0.05, 0) is 91.2 Å². The first kappa shape index (κ1) is 32.0. The summed E-state index contributed by atoms with van der Waals surface area (Å²) >= 11 is 0. The van der Waals surface area contributed by atoms with E-state index >= 15 is 4.79 Å². The Balaban J connectivity index is 1.32. The third-order valence-corrected chi connectivity index (χ3v) is 12.1. The third-order valence-electron chi connectivity index (χ3n) is 12.1. The second-order valence-corrected chi connectivity index (χ2v) is 15.3. The zero-order valence-electron chi connectivity index (χ0n) is 27.1. The monoisotopic (exact) mass is 671 g/mol. The van der Waals surface area contributed by atoms with Crippen LogP contribution in [0.25, 0.3) is 0 Å². The third kappa shape index (κ3) is 5.34. The molecule has 4 bridgehead atoms. The number of nitrogens with one attached hydrogen (secondary N) is 1. The molecule has 5 aliphatic carbocycles. The molecule has 6 aliphatic rings. The van der Waals surface area contributed by atoms with Crippen LogP contribution in [0.1, 0.15) is 68.1 Å². The lowest BCUT2D eigenvalue weighted by Gasteiger charge is -2.63. The van der Waals surface area contributed by atoms with Gasteiger partial charge in [-0.3, -0.25) is 14.9 Å². The minimum absolute atomic E-state index is 0.0156. The number of ether oxygens (including phenoxy) is 1. The normalized spacial score (nSPS) is 32.0. The summed E-state index contributed by atoms with van der Waals surface area (Å²) in [5.74, 6) is -2.83. The number of hydrogen-bond donors (Lipinski definition) is 2. The van der Waals surface area contributed by atoms with Crippen molar-refractivity contribution in [3.63, 3.8) is 0 Å². The van der Waals surface area contributed by atoms with Crippen LogP contribution in [0.4, 0.5) is 13.2 Å². The number of nitrogens with two attached hydrogens (primary N) is 1. The highest BCUT2D eigenvalue weighted by Crippen LogP contribution is 2.65. The molecular formula is C39H40F3N3O4. The van der Waals surface area contributed by atoms with Crippen molar-refractivity contribution in [2.75, 3.05) is 0 Å². The van der Waals surface area contributed by atoms with Crippen LogP contribution in [0.2, 0.25) is 0 Å². The van der Waals surface area contributed by atoms with Crippen LogP contribution in [0, 0.1) is 23.2 Å². The molecular weight excluding hydrogens is 631 g/mol. The first-order chi connectivity index (χ1) is 23.4. The number of likely N-dealkylation sites (tertiary alicyclic amines) is 1. The summed E-state index contributed by atoms with van der Waals surface area (Å²) in [6.45, 7) is 0. The lowest BCUT2D eigenvalue weighted by atomic mass is 9.45. The Morgan fingerprint density at radius 1 is 0.776 bits per heavy atom. The fraction of sp³-hybridized carbons (Fsp3) is 0.462. The van der Waals surface area contributed by atoms with Crippen LogP contribution in [-0.4, -0.2) is 52.6 Å². The zero-order chi connectivity index (χ0) is 34.2. The molecule has 3 aromatic rings. The van der Waals surface area contributed by atoms with Crippen LogP contribution in [0.3, 0.4) is 0 Å². The van der Waals surface area contributed by atoms with E-state index in [4.69, 9.17) is 10.5 Å². The molecule has 49 heavy (non-hydrogen) atoms. The number of amides is 2. The van der Waals surface area contributed by atoms with Gasteiger partial charge in [0.1, 0.15) is 11.6 Å². The number of carbonyl (C=O) groups is 3. The molecule has 7 nitrogen and oxygen atoms in total. The predicted molar refractivity (Wildman–Crippen MR) is 174 cm³/mol. The Kier molecular flexibility index (Phi) is 7.48. The largest absolute Gasteiger partial charge is 0.490 e. The number of esters is 1. The number of piperidine rings is 1. The molecule has 1 heterocycles. The molecule has 6 fully saturated rings. The van der Waals surface area contributed by atoms with E-state index in [1.165, 1.54) is 0 Å². The number of alkyl halides is 3. The van der Waals surface area contributed by atoms with Crippen LogP contribution >= 0.6 is 0 Å². The molecule has 5 saturated carbocycles. The molecule has 2 unspecified atom stereocenters. The molecule has 0 spiro atoms. The van der Waals surface area contributed by atoms with Crippen LogP contribution < -0.4 is 11.1 Å². The number of carbonyl (C=O) groups excluding carboxylic acids is 3. The molecule has 3 aromatic carbocycles. The van der Waals surface area contributed by atoms with E-state index in [1.807, 2.05) is 91.0 Å². The van der Waals surface area contributed by atoms with Crippen molar-refractivity contribution in [3.8, 4) is 0 Å². The molecule has 256 valence electrons. The highest BCUT2D eigenvalue weighted by molar-refractivity contribution is 5.91. The van der Waals surface area contributed by atoms with Gasteiger partial charge in [0, 0.05) is 6.04 Å². The van der Waals surface area contributed by atoms with E-state index in [2.05, 4.69) is 5.32 Å². The van der Waals surface area contributed by atoms with Gasteiger partial charge in [-0.25, -0.2) is 4.79 Å². The number of fused-ring (bicyclic) bond motifs is 1. The molecule has 10 heteroatoms. The van der Waals surface area contributed by atoms with E-state index in [9.17, 15) is 22.8 Å². The van der Waals surface area contributed by atoms with E-state index in [0.717, 1.165) is 29.5 Å². The van der Waals surface area contributed by atoms with Crippen molar-refractivity contribution >= 4 is 17.8 Å². The topological polar surface area (TPSA) is 102 Å². The van der Waals surface area contributed by atoms with Gasteiger partial charge in [-0.15, -0.1) is 0 Å². The maximum atomic E-state index is 15.4. The van der Waals surface area contributed by atoms with Crippen molar-refractivity contribution in [3.05, 3.63) is 108 Å². The maximum absolute atomic E-state index is 15.4. The van der Waals surface area contributed by atoms with E-state index in [1.54, 1.807) is 4.90 Å². The summed E-state index contributed by atoms with van der Waals surface area (Å²) in [5, 5.41) is 3.94. The lowest BCUT2D eigenvalue weighted by molar-refractivity contribution is -0.241. The zero-order valence-corrected chi connectivity index (χ0v) is 27.1. The van der Waals surface area contributed by atoms with Crippen molar-refractivity contribution in [1.82, 2.24) is 10.2 Å². The van der Waals surface area contributed by atoms with Gasteiger partial charge in [0.2, 0.25) is 11.8 Å². The van der Waals surface area contributed by atoms with Gasteiger partial charge < -0.3 is 15.4 Å². The highest BCUT2D eigenvalue weighted by Gasteiger charge is 2.67. The second-order valence-electron chi connectivity index (χ2n) is 15.3.